The molecule has 0 N–H and O–H groups in total. The van der Waals surface area contributed by atoms with E-state index in [4.69, 9.17) is 9.26 Å². The highest BCUT2D eigenvalue weighted by molar-refractivity contribution is 7.89. The molecular weight excluding hydrogens is 408 g/mol. The maximum atomic E-state index is 13.1. The van der Waals surface area contributed by atoms with Crippen molar-refractivity contribution in [2.45, 2.75) is 24.9 Å². The van der Waals surface area contributed by atoms with Gasteiger partial charge in [0.15, 0.2) is 12.4 Å². The van der Waals surface area contributed by atoms with Crippen LogP contribution in [0.3, 0.4) is 0 Å². The van der Waals surface area contributed by atoms with Gasteiger partial charge in [-0.25, -0.2) is 8.42 Å². The number of aryl methyl sites for hydroxylation is 1. The van der Waals surface area contributed by atoms with Crippen LogP contribution in [0, 0.1) is 6.92 Å². The summed E-state index contributed by atoms with van der Waals surface area (Å²) in [6.07, 6.45) is 0. The first-order valence-electron chi connectivity index (χ1n) is 9.21. The van der Waals surface area contributed by atoms with Crippen LogP contribution in [0.4, 0.5) is 5.69 Å². The summed E-state index contributed by atoms with van der Waals surface area (Å²) in [6.45, 7) is 1.78. The summed E-state index contributed by atoms with van der Waals surface area (Å²) in [5.41, 5.74) is 1.22. The van der Waals surface area contributed by atoms with Crippen molar-refractivity contribution in [2.75, 3.05) is 18.6 Å². The lowest BCUT2D eigenvalue weighted by Crippen LogP contribution is -2.38. The Morgan fingerprint density at radius 2 is 1.93 bits per heavy atom. The summed E-state index contributed by atoms with van der Waals surface area (Å²) in [5.74, 6) is 0.796. The zero-order valence-electron chi connectivity index (χ0n) is 16.5. The van der Waals surface area contributed by atoms with Gasteiger partial charge in [-0.1, -0.05) is 35.5 Å². The third-order valence-electron chi connectivity index (χ3n) is 4.70. The number of hydrogen-bond acceptors (Lipinski definition) is 7. The van der Waals surface area contributed by atoms with Gasteiger partial charge in [-0.3, -0.25) is 9.69 Å². The van der Waals surface area contributed by atoms with Crippen molar-refractivity contribution < 1.29 is 22.5 Å². The van der Waals surface area contributed by atoms with E-state index in [-0.39, 0.29) is 30.5 Å². The number of ether oxygens (including phenoxy) is 1. The number of benzene rings is 2. The van der Waals surface area contributed by atoms with E-state index in [0.717, 1.165) is 5.56 Å². The fraction of sp³-hybridized carbons (Fsp3) is 0.250. The van der Waals surface area contributed by atoms with Crippen molar-refractivity contribution in [1.82, 2.24) is 14.4 Å². The van der Waals surface area contributed by atoms with E-state index < -0.39 is 10.0 Å². The van der Waals surface area contributed by atoms with Gasteiger partial charge in [0.05, 0.1) is 17.1 Å². The number of aromatic nitrogens is 2. The quantitative estimate of drug-likeness (QED) is 0.592. The third-order valence-corrected chi connectivity index (χ3v) is 6.50. The van der Waals surface area contributed by atoms with Crippen LogP contribution in [0.25, 0.3) is 0 Å². The third kappa shape index (κ3) is 3.91. The van der Waals surface area contributed by atoms with Crippen LogP contribution in [0.15, 0.2) is 57.9 Å². The lowest BCUT2D eigenvalue weighted by molar-refractivity contribution is -0.121. The van der Waals surface area contributed by atoms with E-state index in [2.05, 4.69) is 10.1 Å². The van der Waals surface area contributed by atoms with Crippen molar-refractivity contribution in [3.05, 3.63) is 65.8 Å². The molecule has 10 heteroatoms. The van der Waals surface area contributed by atoms with Crippen molar-refractivity contribution in [2.24, 2.45) is 0 Å². The Hall–Kier alpha value is -3.24. The first-order chi connectivity index (χ1) is 14.3. The van der Waals surface area contributed by atoms with E-state index in [9.17, 15) is 13.2 Å². The first kappa shape index (κ1) is 20.0. The SMILES string of the molecule is Cc1nc(CN2C(=O)COc3ccc(S(=O)(=O)N(C)Cc4ccccc4)cc32)no1. The molecule has 0 unspecified atom stereocenters. The maximum absolute atomic E-state index is 13.1. The number of nitrogens with zero attached hydrogens (tertiary/aromatic N) is 4. The van der Waals surface area contributed by atoms with Gasteiger partial charge in [0.2, 0.25) is 15.9 Å². The number of carbonyl (C=O) groups is 1. The van der Waals surface area contributed by atoms with E-state index in [0.29, 0.717) is 23.2 Å². The van der Waals surface area contributed by atoms with Gasteiger partial charge in [-0.05, 0) is 23.8 Å². The van der Waals surface area contributed by atoms with Gasteiger partial charge in [0.25, 0.3) is 5.91 Å². The van der Waals surface area contributed by atoms with Gasteiger partial charge in [-0.2, -0.15) is 9.29 Å². The van der Waals surface area contributed by atoms with Crippen LogP contribution in [-0.4, -0.2) is 42.4 Å². The minimum Gasteiger partial charge on any atom is -0.482 e. The molecule has 0 bridgehead atoms. The topological polar surface area (TPSA) is 106 Å². The Bertz CT molecular complexity index is 1180. The molecule has 156 valence electrons. The fourth-order valence-corrected chi connectivity index (χ4v) is 4.35. The van der Waals surface area contributed by atoms with Crippen molar-refractivity contribution in [1.29, 1.82) is 0 Å². The van der Waals surface area contributed by atoms with Gasteiger partial charge < -0.3 is 9.26 Å². The highest BCUT2D eigenvalue weighted by Gasteiger charge is 2.30. The molecule has 2 aromatic carbocycles. The summed E-state index contributed by atoms with van der Waals surface area (Å²) < 4.78 is 37.9. The van der Waals surface area contributed by atoms with Crippen LogP contribution in [0.5, 0.6) is 5.75 Å². The van der Waals surface area contributed by atoms with Crippen LogP contribution in [0.2, 0.25) is 0 Å². The molecule has 1 amide bonds. The lowest BCUT2D eigenvalue weighted by atomic mass is 10.2. The zero-order valence-corrected chi connectivity index (χ0v) is 17.3. The van der Waals surface area contributed by atoms with Gasteiger partial charge in [0, 0.05) is 20.5 Å². The summed E-state index contributed by atoms with van der Waals surface area (Å²) >= 11 is 0. The maximum Gasteiger partial charge on any atom is 0.265 e. The molecule has 3 aromatic rings. The van der Waals surface area contributed by atoms with Crippen molar-refractivity contribution >= 4 is 21.6 Å². The van der Waals surface area contributed by atoms with Crippen molar-refractivity contribution in [3.8, 4) is 5.75 Å². The number of sulfonamides is 1. The smallest absolute Gasteiger partial charge is 0.265 e. The second-order valence-corrected chi connectivity index (χ2v) is 8.92. The Balaban J connectivity index is 1.65. The molecule has 1 aromatic heterocycles. The molecule has 0 fully saturated rings. The Kier molecular flexibility index (Phi) is 5.27. The second kappa shape index (κ2) is 7.88. The predicted octanol–water partition coefficient (Wildman–Crippen LogP) is 2.12. The largest absolute Gasteiger partial charge is 0.482 e. The Labute approximate surface area is 173 Å². The zero-order chi connectivity index (χ0) is 21.3. The molecule has 0 saturated carbocycles. The Morgan fingerprint density at radius 3 is 2.63 bits per heavy atom. The number of hydrogen-bond donors (Lipinski definition) is 0. The molecule has 1 aliphatic rings. The van der Waals surface area contributed by atoms with E-state index in [1.165, 1.54) is 28.4 Å². The summed E-state index contributed by atoms with van der Waals surface area (Å²) in [5, 5.41) is 3.82. The average molecular weight is 428 g/mol. The van der Waals surface area contributed by atoms with Gasteiger partial charge in [-0.15, -0.1) is 0 Å². The standard InChI is InChI=1S/C20H20N4O5S/c1-14-21-19(22-29-14)12-24-17-10-16(8-9-18(17)28-13-20(24)25)30(26,27)23(2)11-15-6-4-3-5-7-15/h3-10H,11-13H2,1-2H3. The number of amides is 1. The Morgan fingerprint density at radius 1 is 1.17 bits per heavy atom. The highest BCUT2D eigenvalue weighted by Crippen LogP contribution is 2.35. The molecule has 0 spiro atoms. The van der Waals surface area contributed by atoms with Crippen LogP contribution in [0.1, 0.15) is 17.3 Å². The molecule has 9 nitrogen and oxygen atoms in total. The number of carbonyl (C=O) groups excluding carboxylic acids is 1. The molecule has 0 radical (unpaired) electrons. The summed E-state index contributed by atoms with van der Waals surface area (Å²) in [4.78, 5) is 18.0. The first-order valence-corrected chi connectivity index (χ1v) is 10.7. The molecule has 0 atom stereocenters. The number of rotatable bonds is 6. The van der Waals surface area contributed by atoms with Crippen LogP contribution in [-0.2, 0) is 27.9 Å². The molecule has 4 rings (SSSR count). The number of fused-ring (bicyclic) bond motifs is 1. The fourth-order valence-electron chi connectivity index (χ4n) is 3.17. The van der Waals surface area contributed by atoms with Crippen molar-refractivity contribution in [3.63, 3.8) is 0 Å². The van der Waals surface area contributed by atoms with E-state index in [1.54, 1.807) is 13.0 Å². The molecule has 0 aliphatic carbocycles. The second-order valence-electron chi connectivity index (χ2n) is 6.87. The summed E-state index contributed by atoms with van der Waals surface area (Å²) in [7, 11) is -2.27. The average Bonchev–Trinajstić information content (AvgIpc) is 3.15. The predicted molar refractivity (Wildman–Crippen MR) is 107 cm³/mol. The van der Waals surface area contributed by atoms with E-state index >= 15 is 0 Å². The van der Waals surface area contributed by atoms with Crippen LogP contribution < -0.4 is 9.64 Å². The summed E-state index contributed by atoms with van der Waals surface area (Å²) in [6, 6.07) is 13.8. The lowest BCUT2D eigenvalue weighted by Gasteiger charge is -2.29. The van der Waals surface area contributed by atoms with Gasteiger partial charge in [0.1, 0.15) is 5.75 Å². The molecule has 2 heterocycles. The minimum atomic E-state index is -3.79. The molecule has 1 aliphatic heterocycles. The minimum absolute atomic E-state index is 0.0515. The molecule has 0 saturated heterocycles. The highest BCUT2D eigenvalue weighted by atomic mass is 32.2. The van der Waals surface area contributed by atoms with E-state index in [1.807, 2.05) is 30.3 Å². The molecule has 30 heavy (non-hydrogen) atoms. The van der Waals surface area contributed by atoms with Gasteiger partial charge >= 0.3 is 0 Å². The van der Waals surface area contributed by atoms with Crippen LogP contribution >= 0.6 is 0 Å². The monoisotopic (exact) mass is 428 g/mol. The molecular formula is C20H20N4O5S. The normalized spacial score (nSPS) is 14.0. The number of anilines is 1.